The predicted octanol–water partition coefficient (Wildman–Crippen LogP) is -0.341. The molecule has 0 aliphatic carbocycles. The molecule has 0 saturated carbocycles. The van der Waals surface area contributed by atoms with Gasteiger partial charge in [-0.05, 0) is 35.0 Å². The van der Waals surface area contributed by atoms with Crippen molar-refractivity contribution in [2.24, 2.45) is 0 Å². The second-order valence-electron chi connectivity index (χ2n) is 4.76. The Morgan fingerprint density at radius 2 is 1.95 bits per heavy atom. The molecule has 1 aliphatic heterocycles. The molecular formula is C11H16BrNO6S2. The van der Waals surface area contributed by atoms with E-state index < -0.39 is 40.5 Å². The summed E-state index contributed by atoms with van der Waals surface area (Å²) in [4.78, 5) is 0. The maximum atomic E-state index is 12.1. The Balaban J connectivity index is 2.02. The van der Waals surface area contributed by atoms with Crippen molar-refractivity contribution < 1.29 is 28.5 Å². The predicted molar refractivity (Wildman–Crippen MR) is 79.6 cm³/mol. The molecular weight excluding hydrogens is 386 g/mol. The van der Waals surface area contributed by atoms with Gasteiger partial charge in [0, 0.05) is 6.54 Å². The number of hydrogen-bond acceptors (Lipinski definition) is 7. The van der Waals surface area contributed by atoms with Gasteiger partial charge < -0.3 is 20.1 Å². The van der Waals surface area contributed by atoms with Crippen molar-refractivity contribution >= 4 is 37.3 Å². The number of thiophene rings is 1. The molecule has 2 rings (SSSR count). The highest BCUT2D eigenvalue weighted by Crippen LogP contribution is 2.26. The van der Waals surface area contributed by atoms with Crippen LogP contribution in [0.25, 0.3) is 0 Å². The Labute approximate surface area is 134 Å². The minimum atomic E-state index is -3.71. The number of hydrogen-bond donors (Lipinski definition) is 4. The molecule has 5 atom stereocenters. The van der Waals surface area contributed by atoms with E-state index in [1.807, 2.05) is 0 Å². The van der Waals surface area contributed by atoms with Crippen LogP contribution < -0.4 is 4.72 Å². The topological polar surface area (TPSA) is 116 Å². The van der Waals surface area contributed by atoms with Gasteiger partial charge in [0.25, 0.3) is 0 Å². The number of aliphatic hydroxyl groups excluding tert-OH is 3. The summed E-state index contributed by atoms with van der Waals surface area (Å²) in [5.74, 6) is 0. The second-order valence-corrected chi connectivity index (χ2v) is 9.22. The zero-order valence-corrected chi connectivity index (χ0v) is 14.2. The van der Waals surface area contributed by atoms with Crippen molar-refractivity contribution in [1.82, 2.24) is 4.72 Å². The lowest BCUT2D eigenvalue weighted by atomic mass is 9.96. The van der Waals surface area contributed by atoms with Crippen LogP contribution in [0, 0.1) is 0 Å². The van der Waals surface area contributed by atoms with Crippen LogP contribution in [-0.2, 0) is 14.8 Å². The van der Waals surface area contributed by atoms with Gasteiger partial charge in [-0.25, -0.2) is 13.1 Å². The fourth-order valence-corrected chi connectivity index (χ4v) is 5.11. The van der Waals surface area contributed by atoms with Gasteiger partial charge in [0.2, 0.25) is 10.0 Å². The summed E-state index contributed by atoms with van der Waals surface area (Å²) in [6, 6.07) is 3.07. The summed E-state index contributed by atoms with van der Waals surface area (Å²) in [6.45, 7) is 1.34. The van der Waals surface area contributed by atoms with E-state index >= 15 is 0 Å². The van der Waals surface area contributed by atoms with Crippen molar-refractivity contribution in [1.29, 1.82) is 0 Å². The Morgan fingerprint density at radius 3 is 2.52 bits per heavy atom. The van der Waals surface area contributed by atoms with Crippen molar-refractivity contribution in [2.75, 3.05) is 6.54 Å². The van der Waals surface area contributed by atoms with Crippen LogP contribution in [0.3, 0.4) is 0 Å². The molecule has 1 aromatic heterocycles. The maximum Gasteiger partial charge on any atom is 0.250 e. The third-order valence-electron chi connectivity index (χ3n) is 3.24. The van der Waals surface area contributed by atoms with Gasteiger partial charge in [0.15, 0.2) is 0 Å². The van der Waals surface area contributed by atoms with Crippen LogP contribution in [0.4, 0.5) is 0 Å². The minimum Gasteiger partial charge on any atom is -0.388 e. The molecule has 21 heavy (non-hydrogen) atoms. The lowest BCUT2D eigenvalue weighted by Crippen LogP contribution is -2.59. The molecule has 5 unspecified atom stereocenters. The average molecular weight is 402 g/mol. The molecule has 0 radical (unpaired) electrons. The monoisotopic (exact) mass is 401 g/mol. The van der Waals surface area contributed by atoms with E-state index in [-0.39, 0.29) is 10.8 Å². The van der Waals surface area contributed by atoms with Gasteiger partial charge in [0.05, 0.1) is 9.89 Å². The fourth-order valence-electron chi connectivity index (χ4n) is 2.01. The first-order chi connectivity index (χ1) is 9.72. The quantitative estimate of drug-likeness (QED) is 0.548. The van der Waals surface area contributed by atoms with E-state index in [0.29, 0.717) is 3.79 Å². The molecule has 1 aliphatic rings. The third-order valence-corrected chi connectivity index (χ3v) is 6.78. The normalized spacial score (nSPS) is 34.0. The smallest absolute Gasteiger partial charge is 0.250 e. The molecule has 10 heteroatoms. The molecule has 120 valence electrons. The number of ether oxygens (including phenoxy) is 1. The number of sulfonamides is 1. The van der Waals surface area contributed by atoms with Crippen LogP contribution in [0.15, 0.2) is 20.1 Å². The van der Waals surface area contributed by atoms with Crippen molar-refractivity contribution in [2.45, 2.75) is 41.7 Å². The molecule has 1 saturated heterocycles. The second kappa shape index (κ2) is 6.59. The van der Waals surface area contributed by atoms with E-state index in [1.165, 1.54) is 13.0 Å². The first-order valence-electron chi connectivity index (χ1n) is 6.17. The summed E-state index contributed by atoms with van der Waals surface area (Å²) in [7, 11) is -3.71. The molecule has 0 spiro atoms. The Bertz CT molecular complexity index is 591. The van der Waals surface area contributed by atoms with Crippen molar-refractivity contribution in [3.8, 4) is 0 Å². The van der Waals surface area contributed by atoms with Crippen LogP contribution in [0.2, 0.25) is 0 Å². The van der Waals surface area contributed by atoms with Gasteiger partial charge in [-0.15, -0.1) is 11.3 Å². The Hall–Kier alpha value is -0.0700. The van der Waals surface area contributed by atoms with Gasteiger partial charge in [0.1, 0.15) is 28.6 Å². The maximum absolute atomic E-state index is 12.1. The van der Waals surface area contributed by atoms with E-state index in [1.54, 1.807) is 6.07 Å². The van der Waals surface area contributed by atoms with Crippen LogP contribution in [0.5, 0.6) is 0 Å². The van der Waals surface area contributed by atoms with Gasteiger partial charge >= 0.3 is 0 Å². The highest BCUT2D eigenvalue weighted by molar-refractivity contribution is 9.11. The largest absolute Gasteiger partial charge is 0.388 e. The number of aliphatic hydroxyl groups is 3. The number of rotatable bonds is 4. The summed E-state index contributed by atoms with van der Waals surface area (Å²) in [6.07, 6.45) is -5.58. The van der Waals surface area contributed by atoms with Gasteiger partial charge in [-0.2, -0.15) is 0 Å². The van der Waals surface area contributed by atoms with Gasteiger partial charge in [-0.1, -0.05) is 0 Å². The van der Waals surface area contributed by atoms with E-state index in [9.17, 15) is 23.7 Å². The van der Waals surface area contributed by atoms with Crippen LogP contribution >= 0.6 is 27.3 Å². The third kappa shape index (κ3) is 3.82. The SMILES string of the molecule is CC1OC(CNS(=O)(=O)c2ccc(Br)s2)C(O)C(O)C1O. The summed E-state index contributed by atoms with van der Waals surface area (Å²) < 4.78 is 32.6. The molecule has 0 bridgehead atoms. The molecule has 0 amide bonds. The average Bonchev–Trinajstić information content (AvgIpc) is 2.86. The molecule has 0 aromatic carbocycles. The Kier molecular flexibility index (Phi) is 5.42. The van der Waals surface area contributed by atoms with E-state index in [0.717, 1.165) is 11.3 Å². The fraction of sp³-hybridized carbons (Fsp3) is 0.636. The van der Waals surface area contributed by atoms with Crippen molar-refractivity contribution in [3.05, 3.63) is 15.9 Å². The first kappa shape index (κ1) is 17.3. The summed E-state index contributed by atoms with van der Waals surface area (Å²) in [5.41, 5.74) is 0. The lowest BCUT2D eigenvalue weighted by molar-refractivity contribution is -0.214. The van der Waals surface area contributed by atoms with E-state index in [2.05, 4.69) is 20.7 Å². The molecule has 2 heterocycles. The number of nitrogens with one attached hydrogen (secondary N) is 1. The van der Waals surface area contributed by atoms with Gasteiger partial charge in [-0.3, -0.25) is 0 Å². The Morgan fingerprint density at radius 1 is 1.29 bits per heavy atom. The number of halogens is 1. The highest BCUT2D eigenvalue weighted by Gasteiger charge is 2.41. The zero-order valence-electron chi connectivity index (χ0n) is 11.0. The summed E-state index contributed by atoms with van der Waals surface area (Å²) in [5, 5.41) is 29.1. The zero-order chi connectivity index (χ0) is 15.8. The minimum absolute atomic E-state index is 0.133. The van der Waals surface area contributed by atoms with Crippen LogP contribution in [0.1, 0.15) is 6.92 Å². The van der Waals surface area contributed by atoms with E-state index in [4.69, 9.17) is 4.74 Å². The molecule has 1 fully saturated rings. The summed E-state index contributed by atoms with van der Waals surface area (Å²) >= 11 is 4.24. The first-order valence-corrected chi connectivity index (χ1v) is 9.26. The highest BCUT2D eigenvalue weighted by atomic mass is 79.9. The lowest BCUT2D eigenvalue weighted by Gasteiger charge is -2.39. The molecule has 4 N–H and O–H groups in total. The molecule has 7 nitrogen and oxygen atoms in total. The molecule has 1 aromatic rings. The van der Waals surface area contributed by atoms with Crippen LogP contribution in [-0.4, -0.2) is 60.8 Å². The standard InChI is InChI=1S/C11H16BrNO6S2/c1-5-9(14)11(16)10(15)6(19-5)4-13-21(17,18)8-3-2-7(12)20-8/h2-3,5-6,9-11,13-16H,4H2,1H3. The van der Waals surface area contributed by atoms with Crippen molar-refractivity contribution in [3.63, 3.8) is 0 Å².